The van der Waals surface area contributed by atoms with E-state index in [1.165, 1.54) is 50.8 Å². The molecule has 1 saturated heterocycles. The van der Waals surface area contributed by atoms with Crippen LogP contribution in [0.3, 0.4) is 0 Å². The minimum absolute atomic E-state index is 0.758. The highest BCUT2D eigenvalue weighted by atomic mass is 32.1. The summed E-state index contributed by atoms with van der Waals surface area (Å²) in [5, 5.41) is 3.31. The molecule has 2 aromatic rings. The molecular formula is C21H29N2O2S+. The van der Waals surface area contributed by atoms with Gasteiger partial charge in [0.1, 0.15) is 17.2 Å². The molecule has 1 aromatic heterocycles. The first kappa shape index (κ1) is 17.8. The maximum absolute atomic E-state index is 5.43. The Morgan fingerprint density at radius 1 is 1.08 bits per heavy atom. The van der Waals surface area contributed by atoms with E-state index in [4.69, 9.17) is 14.5 Å². The highest BCUT2D eigenvalue weighted by molar-refractivity contribution is 7.13. The number of fused-ring (bicyclic) bond motifs is 1. The van der Waals surface area contributed by atoms with Gasteiger partial charge < -0.3 is 14.4 Å². The fourth-order valence-corrected chi connectivity index (χ4v) is 5.63. The Balaban J connectivity index is 1.49. The van der Waals surface area contributed by atoms with Crippen molar-refractivity contribution in [2.75, 3.05) is 20.8 Å². The van der Waals surface area contributed by atoms with Crippen LogP contribution in [0.15, 0.2) is 23.6 Å². The number of aromatic nitrogens is 1. The largest absolute Gasteiger partial charge is 0.493 e. The van der Waals surface area contributed by atoms with Gasteiger partial charge in [-0.05, 0) is 50.3 Å². The zero-order valence-corrected chi connectivity index (χ0v) is 16.6. The van der Waals surface area contributed by atoms with Gasteiger partial charge in [0.2, 0.25) is 0 Å². The topological polar surface area (TPSA) is 35.8 Å². The number of hydrogen-bond donors (Lipinski definition) is 1. The van der Waals surface area contributed by atoms with E-state index < -0.39 is 0 Å². The highest BCUT2D eigenvalue weighted by Crippen LogP contribution is 2.33. The average Bonchev–Trinajstić information content (AvgIpc) is 3.16. The van der Waals surface area contributed by atoms with E-state index in [1.807, 2.05) is 12.1 Å². The van der Waals surface area contributed by atoms with Crippen LogP contribution in [0, 0.1) is 5.92 Å². The van der Waals surface area contributed by atoms with Crippen LogP contribution >= 0.6 is 11.3 Å². The molecule has 0 bridgehead atoms. The van der Waals surface area contributed by atoms with Gasteiger partial charge in [0, 0.05) is 16.9 Å². The maximum Gasteiger partial charge on any atom is 0.161 e. The lowest BCUT2D eigenvalue weighted by Gasteiger charge is -2.40. The van der Waals surface area contributed by atoms with Gasteiger partial charge in [-0.3, -0.25) is 0 Å². The molecule has 0 radical (unpaired) electrons. The first-order valence-electron chi connectivity index (χ1n) is 9.80. The Hall–Kier alpha value is -1.59. The summed E-state index contributed by atoms with van der Waals surface area (Å²) < 4.78 is 10.8. The van der Waals surface area contributed by atoms with Crippen LogP contribution in [-0.4, -0.2) is 31.8 Å². The number of rotatable bonds is 5. The molecule has 140 valence electrons. The summed E-state index contributed by atoms with van der Waals surface area (Å²) in [6, 6.07) is 6.91. The van der Waals surface area contributed by atoms with Crippen molar-refractivity contribution >= 4 is 11.3 Å². The third kappa shape index (κ3) is 3.60. The Morgan fingerprint density at radius 3 is 2.73 bits per heavy atom. The van der Waals surface area contributed by atoms with Gasteiger partial charge in [0.05, 0.1) is 26.8 Å². The van der Waals surface area contributed by atoms with Crippen molar-refractivity contribution in [3.63, 3.8) is 0 Å². The molecule has 0 spiro atoms. The smallest absolute Gasteiger partial charge is 0.161 e. The van der Waals surface area contributed by atoms with Crippen molar-refractivity contribution in [2.24, 2.45) is 5.92 Å². The molecule has 4 rings (SSSR count). The normalized spacial score (nSPS) is 25.5. The van der Waals surface area contributed by atoms with Gasteiger partial charge in [-0.25, -0.2) is 4.98 Å². The number of piperidine rings is 1. The Morgan fingerprint density at radius 2 is 1.88 bits per heavy atom. The molecule has 1 N–H and O–H groups in total. The summed E-state index contributed by atoms with van der Waals surface area (Å²) in [6.45, 7) is 2.38. The third-order valence-corrected chi connectivity index (χ3v) is 7.04. The van der Waals surface area contributed by atoms with E-state index in [-0.39, 0.29) is 0 Å². The number of hydrogen-bond acceptors (Lipinski definition) is 4. The number of ether oxygens (including phenoxy) is 2. The van der Waals surface area contributed by atoms with E-state index in [0.29, 0.717) is 0 Å². The standard InChI is InChI=1S/C21H28N2O2S/c1-24-19-10-9-16(12-20(19)25-2)21-22-17(14-26-21)13-23-11-5-7-15-6-3-4-8-18(15)23/h9-10,12,14-15,18H,3-8,11,13H2,1-2H3/p+1/t15-,18-/m0/s1. The summed E-state index contributed by atoms with van der Waals surface area (Å²) in [5.41, 5.74) is 2.34. The second kappa shape index (κ2) is 7.97. The van der Waals surface area contributed by atoms with Crippen LogP contribution in [0.5, 0.6) is 11.5 Å². The van der Waals surface area contributed by atoms with E-state index in [2.05, 4.69) is 11.4 Å². The summed E-state index contributed by atoms with van der Waals surface area (Å²) in [6.07, 6.45) is 8.54. The molecule has 2 fully saturated rings. The molecule has 0 amide bonds. The molecule has 2 heterocycles. The molecule has 1 aromatic carbocycles. The molecule has 1 saturated carbocycles. The Labute approximate surface area is 160 Å². The Bertz CT molecular complexity index is 743. The Kier molecular flexibility index (Phi) is 5.46. The summed E-state index contributed by atoms with van der Waals surface area (Å²) in [5.74, 6) is 2.47. The van der Waals surface area contributed by atoms with Gasteiger partial charge in [-0.1, -0.05) is 6.42 Å². The predicted octanol–water partition coefficient (Wildman–Crippen LogP) is 3.56. The van der Waals surface area contributed by atoms with Crippen LogP contribution in [0.4, 0.5) is 0 Å². The molecule has 2 aliphatic rings. The van der Waals surface area contributed by atoms with Crippen LogP contribution in [0.25, 0.3) is 10.6 Å². The molecule has 3 atom stereocenters. The fraction of sp³-hybridized carbons (Fsp3) is 0.571. The van der Waals surface area contributed by atoms with Gasteiger partial charge in [0.15, 0.2) is 11.5 Å². The van der Waals surface area contributed by atoms with E-state index in [0.717, 1.165) is 40.6 Å². The molecule has 1 aliphatic carbocycles. The fourth-order valence-electron chi connectivity index (χ4n) is 4.81. The van der Waals surface area contributed by atoms with Gasteiger partial charge in [-0.2, -0.15) is 0 Å². The van der Waals surface area contributed by atoms with Crippen molar-refractivity contribution in [2.45, 2.75) is 51.1 Å². The number of likely N-dealkylation sites (tertiary alicyclic amines) is 1. The number of quaternary nitrogens is 1. The molecule has 1 aliphatic heterocycles. The van der Waals surface area contributed by atoms with E-state index in [1.54, 1.807) is 30.5 Å². The number of benzene rings is 1. The first-order valence-corrected chi connectivity index (χ1v) is 10.7. The summed E-state index contributed by atoms with van der Waals surface area (Å²) in [7, 11) is 3.34. The van der Waals surface area contributed by atoms with E-state index in [9.17, 15) is 0 Å². The number of thiazole rings is 1. The van der Waals surface area contributed by atoms with Crippen molar-refractivity contribution < 1.29 is 14.4 Å². The zero-order valence-electron chi connectivity index (χ0n) is 15.8. The third-order valence-electron chi connectivity index (χ3n) is 6.10. The molecule has 5 heteroatoms. The molecular weight excluding hydrogens is 344 g/mol. The highest BCUT2D eigenvalue weighted by Gasteiger charge is 2.36. The lowest BCUT2D eigenvalue weighted by atomic mass is 9.78. The van der Waals surface area contributed by atoms with Crippen LogP contribution < -0.4 is 14.4 Å². The minimum Gasteiger partial charge on any atom is -0.493 e. The average molecular weight is 374 g/mol. The summed E-state index contributed by atoms with van der Waals surface area (Å²) in [4.78, 5) is 6.71. The first-order chi connectivity index (χ1) is 12.8. The summed E-state index contributed by atoms with van der Waals surface area (Å²) >= 11 is 1.73. The van der Waals surface area contributed by atoms with Crippen molar-refractivity contribution in [1.82, 2.24) is 4.98 Å². The second-order valence-corrected chi connectivity index (χ2v) is 8.45. The minimum atomic E-state index is 0.758. The van der Waals surface area contributed by atoms with Gasteiger partial charge >= 0.3 is 0 Å². The van der Waals surface area contributed by atoms with Crippen molar-refractivity contribution in [3.05, 3.63) is 29.3 Å². The van der Waals surface area contributed by atoms with Gasteiger partial charge in [-0.15, -0.1) is 11.3 Å². The molecule has 4 nitrogen and oxygen atoms in total. The molecule has 26 heavy (non-hydrogen) atoms. The lowest BCUT2D eigenvalue weighted by molar-refractivity contribution is -0.949. The van der Waals surface area contributed by atoms with Crippen LogP contribution in [-0.2, 0) is 6.54 Å². The van der Waals surface area contributed by atoms with E-state index >= 15 is 0 Å². The monoisotopic (exact) mass is 373 g/mol. The number of methoxy groups -OCH3 is 2. The maximum atomic E-state index is 5.43. The lowest BCUT2D eigenvalue weighted by Crippen LogP contribution is -3.16. The SMILES string of the molecule is COc1ccc(-c2nc(C[NH+]3CCC[C@@H]4CCCC[C@@H]43)cs2)cc1OC. The van der Waals surface area contributed by atoms with Crippen molar-refractivity contribution in [1.29, 1.82) is 0 Å². The van der Waals surface area contributed by atoms with Crippen LogP contribution in [0.2, 0.25) is 0 Å². The second-order valence-electron chi connectivity index (χ2n) is 7.59. The number of nitrogens with one attached hydrogen (secondary N) is 1. The predicted molar refractivity (Wildman–Crippen MR) is 105 cm³/mol. The van der Waals surface area contributed by atoms with Crippen molar-refractivity contribution in [3.8, 4) is 22.1 Å². The number of nitrogens with zero attached hydrogens (tertiary/aromatic N) is 1. The zero-order chi connectivity index (χ0) is 17.9. The van der Waals surface area contributed by atoms with Crippen LogP contribution in [0.1, 0.15) is 44.2 Å². The quantitative estimate of drug-likeness (QED) is 0.870. The molecule has 1 unspecified atom stereocenters. The van der Waals surface area contributed by atoms with Gasteiger partial charge in [0.25, 0.3) is 0 Å².